The number of nitrogens with one attached hydrogen (secondary N) is 2. The van der Waals surface area contributed by atoms with Crippen LogP contribution in [0.1, 0.15) is 15.9 Å². The standard InChI is InChI=1S/C22H24N2O5S/c1-26-21(25)15-8-5-9-16(10-15)23-22(30)24-17-12-28-20-18(13-29-19(17)20)27-11-14-6-3-2-4-7-14/h2-10,17-20H,11-13H2,1H3,(H2,23,24,30). The number of ether oxygens (including phenoxy) is 4. The number of carbonyl (C=O) groups is 1. The van der Waals surface area contributed by atoms with Crippen LogP contribution in [0.25, 0.3) is 0 Å². The van der Waals surface area contributed by atoms with E-state index in [1.165, 1.54) is 7.11 Å². The number of methoxy groups -OCH3 is 1. The Morgan fingerprint density at radius 3 is 2.70 bits per heavy atom. The first-order chi connectivity index (χ1) is 14.6. The van der Waals surface area contributed by atoms with Gasteiger partial charge in [-0.15, -0.1) is 0 Å². The third-order valence-electron chi connectivity index (χ3n) is 5.17. The van der Waals surface area contributed by atoms with Crippen LogP contribution in [-0.4, -0.2) is 55.8 Å². The van der Waals surface area contributed by atoms with Crippen molar-refractivity contribution in [3.8, 4) is 0 Å². The molecule has 0 amide bonds. The van der Waals surface area contributed by atoms with Crippen molar-refractivity contribution >= 4 is 29.0 Å². The van der Waals surface area contributed by atoms with Gasteiger partial charge in [-0.3, -0.25) is 0 Å². The molecule has 2 N–H and O–H groups in total. The molecule has 2 aliphatic heterocycles. The number of benzene rings is 2. The largest absolute Gasteiger partial charge is 0.465 e. The van der Waals surface area contributed by atoms with E-state index in [0.29, 0.717) is 36.2 Å². The summed E-state index contributed by atoms with van der Waals surface area (Å²) in [5.74, 6) is -0.398. The summed E-state index contributed by atoms with van der Waals surface area (Å²) in [7, 11) is 1.35. The van der Waals surface area contributed by atoms with Crippen LogP contribution in [0.2, 0.25) is 0 Å². The quantitative estimate of drug-likeness (QED) is 0.537. The first-order valence-electron chi connectivity index (χ1n) is 9.78. The van der Waals surface area contributed by atoms with Crippen LogP contribution < -0.4 is 10.6 Å². The van der Waals surface area contributed by atoms with Crippen molar-refractivity contribution in [3.05, 3.63) is 65.7 Å². The third-order valence-corrected chi connectivity index (χ3v) is 5.39. The second-order valence-electron chi connectivity index (χ2n) is 7.21. The lowest BCUT2D eigenvalue weighted by Crippen LogP contribution is -2.46. The van der Waals surface area contributed by atoms with Gasteiger partial charge in [0, 0.05) is 5.69 Å². The highest BCUT2D eigenvalue weighted by Crippen LogP contribution is 2.29. The number of fused-ring (bicyclic) bond motifs is 1. The topological polar surface area (TPSA) is 78.1 Å². The lowest BCUT2D eigenvalue weighted by atomic mass is 10.1. The van der Waals surface area contributed by atoms with Gasteiger partial charge in [0.1, 0.15) is 18.3 Å². The van der Waals surface area contributed by atoms with Gasteiger partial charge in [0.25, 0.3) is 0 Å². The Morgan fingerprint density at radius 2 is 1.90 bits per heavy atom. The molecule has 8 heteroatoms. The fraction of sp³-hybridized carbons (Fsp3) is 0.364. The minimum Gasteiger partial charge on any atom is -0.465 e. The fourth-order valence-corrected chi connectivity index (χ4v) is 3.95. The molecule has 0 saturated carbocycles. The van der Waals surface area contributed by atoms with E-state index in [4.69, 9.17) is 31.2 Å². The van der Waals surface area contributed by atoms with Gasteiger partial charge in [-0.1, -0.05) is 36.4 Å². The molecule has 2 aromatic carbocycles. The molecule has 0 spiro atoms. The Hall–Kier alpha value is -2.52. The number of hydrogen-bond acceptors (Lipinski definition) is 6. The molecular formula is C22H24N2O5S. The first kappa shape index (κ1) is 20.7. The summed E-state index contributed by atoms with van der Waals surface area (Å²) >= 11 is 5.43. The summed E-state index contributed by atoms with van der Waals surface area (Å²) in [5, 5.41) is 6.78. The van der Waals surface area contributed by atoms with Crippen molar-refractivity contribution in [2.24, 2.45) is 0 Å². The number of hydrogen-bond donors (Lipinski definition) is 2. The molecule has 0 bridgehead atoms. The van der Waals surface area contributed by atoms with E-state index >= 15 is 0 Å². The molecule has 7 nitrogen and oxygen atoms in total. The lowest BCUT2D eigenvalue weighted by molar-refractivity contribution is -0.0391. The van der Waals surface area contributed by atoms with E-state index in [1.807, 2.05) is 36.4 Å². The predicted octanol–water partition coefficient (Wildman–Crippen LogP) is 2.51. The molecule has 4 atom stereocenters. The van der Waals surface area contributed by atoms with Gasteiger partial charge >= 0.3 is 5.97 Å². The maximum absolute atomic E-state index is 11.7. The Bertz CT molecular complexity index is 894. The van der Waals surface area contributed by atoms with E-state index in [9.17, 15) is 4.79 Å². The van der Waals surface area contributed by atoms with Gasteiger partial charge in [-0.25, -0.2) is 4.79 Å². The molecule has 158 valence electrons. The van der Waals surface area contributed by atoms with E-state index < -0.39 is 5.97 Å². The van der Waals surface area contributed by atoms with Crippen LogP contribution in [0.4, 0.5) is 5.69 Å². The first-order valence-corrected chi connectivity index (χ1v) is 10.2. The van der Waals surface area contributed by atoms with Crippen molar-refractivity contribution in [2.45, 2.75) is 31.0 Å². The van der Waals surface area contributed by atoms with Crippen LogP contribution in [0.3, 0.4) is 0 Å². The Morgan fingerprint density at radius 1 is 1.10 bits per heavy atom. The third kappa shape index (κ3) is 4.79. The van der Waals surface area contributed by atoms with E-state index in [2.05, 4.69) is 10.6 Å². The van der Waals surface area contributed by atoms with Crippen molar-refractivity contribution in [3.63, 3.8) is 0 Å². The van der Waals surface area contributed by atoms with Crippen molar-refractivity contribution in [1.82, 2.24) is 5.32 Å². The summed E-state index contributed by atoms with van der Waals surface area (Å²) in [6, 6.07) is 16.9. The summed E-state index contributed by atoms with van der Waals surface area (Å²) < 4.78 is 22.7. The Balaban J connectivity index is 1.29. The lowest BCUT2D eigenvalue weighted by Gasteiger charge is -2.20. The zero-order chi connectivity index (χ0) is 20.9. The number of esters is 1. The van der Waals surface area contributed by atoms with Crippen LogP contribution in [-0.2, 0) is 25.6 Å². The van der Waals surface area contributed by atoms with Crippen molar-refractivity contribution in [2.75, 3.05) is 25.6 Å². The Labute approximate surface area is 180 Å². The van der Waals surface area contributed by atoms with Gasteiger partial charge in [0.15, 0.2) is 5.11 Å². The molecule has 0 radical (unpaired) electrons. The molecule has 2 saturated heterocycles. The maximum atomic E-state index is 11.7. The molecule has 2 aliphatic rings. The average molecular weight is 429 g/mol. The molecule has 4 unspecified atom stereocenters. The molecule has 2 aromatic rings. The summed E-state index contributed by atoms with van der Waals surface area (Å²) in [6.07, 6.45) is -0.371. The molecule has 2 heterocycles. The zero-order valence-corrected chi connectivity index (χ0v) is 17.4. The number of carbonyl (C=O) groups excluding carboxylic acids is 1. The van der Waals surface area contributed by atoms with Crippen molar-refractivity contribution < 1.29 is 23.7 Å². The highest BCUT2D eigenvalue weighted by Gasteiger charge is 2.48. The predicted molar refractivity (Wildman–Crippen MR) is 115 cm³/mol. The molecule has 0 aliphatic carbocycles. The van der Waals surface area contributed by atoms with E-state index in [1.54, 1.807) is 18.2 Å². The summed E-state index contributed by atoms with van der Waals surface area (Å²) in [4.78, 5) is 11.7. The monoisotopic (exact) mass is 428 g/mol. The van der Waals surface area contributed by atoms with Crippen LogP contribution in [0, 0.1) is 0 Å². The highest BCUT2D eigenvalue weighted by molar-refractivity contribution is 7.80. The van der Waals surface area contributed by atoms with Gasteiger partial charge in [-0.05, 0) is 36.0 Å². The summed E-state index contributed by atoms with van der Waals surface area (Å²) in [5.41, 5.74) is 2.27. The fourth-order valence-electron chi connectivity index (χ4n) is 3.69. The summed E-state index contributed by atoms with van der Waals surface area (Å²) in [6.45, 7) is 1.49. The molecular weight excluding hydrogens is 404 g/mol. The van der Waals surface area contributed by atoms with Gasteiger partial charge in [0.05, 0.1) is 38.5 Å². The van der Waals surface area contributed by atoms with Gasteiger partial charge in [-0.2, -0.15) is 0 Å². The van der Waals surface area contributed by atoms with Crippen LogP contribution in [0.5, 0.6) is 0 Å². The number of thiocarbonyl (C=S) groups is 1. The second kappa shape index (κ2) is 9.53. The van der Waals surface area contributed by atoms with Crippen LogP contribution >= 0.6 is 12.2 Å². The highest BCUT2D eigenvalue weighted by atomic mass is 32.1. The van der Waals surface area contributed by atoms with Crippen LogP contribution in [0.15, 0.2) is 54.6 Å². The smallest absolute Gasteiger partial charge is 0.337 e. The maximum Gasteiger partial charge on any atom is 0.337 e. The number of rotatable bonds is 6. The average Bonchev–Trinajstić information content (AvgIpc) is 3.35. The second-order valence-corrected chi connectivity index (χ2v) is 7.62. The molecule has 2 fully saturated rings. The number of anilines is 1. The van der Waals surface area contributed by atoms with E-state index in [-0.39, 0.29) is 24.4 Å². The Kier molecular flexibility index (Phi) is 6.59. The SMILES string of the molecule is COC(=O)c1cccc(NC(=S)NC2COC3C(OCc4ccccc4)COC23)c1. The zero-order valence-electron chi connectivity index (χ0n) is 16.6. The normalized spacial score (nSPS) is 24.8. The van der Waals surface area contributed by atoms with E-state index in [0.717, 1.165) is 5.56 Å². The van der Waals surface area contributed by atoms with Crippen molar-refractivity contribution in [1.29, 1.82) is 0 Å². The van der Waals surface area contributed by atoms with Gasteiger partial charge < -0.3 is 29.6 Å². The minimum atomic E-state index is -0.398. The molecule has 4 rings (SSSR count). The minimum absolute atomic E-state index is 0.0795. The molecule has 30 heavy (non-hydrogen) atoms. The molecule has 0 aromatic heterocycles. The van der Waals surface area contributed by atoms with Gasteiger partial charge in [0.2, 0.25) is 0 Å².